The number of sulfonamides is 1. The van der Waals surface area contributed by atoms with E-state index in [4.69, 9.17) is 11.6 Å². The minimum atomic E-state index is -3.68. The fourth-order valence-corrected chi connectivity index (χ4v) is 5.95. The van der Waals surface area contributed by atoms with E-state index in [9.17, 15) is 13.2 Å². The Morgan fingerprint density at radius 1 is 1.17 bits per heavy atom. The molecule has 2 saturated heterocycles. The van der Waals surface area contributed by atoms with Gasteiger partial charge in [-0.25, -0.2) is 13.4 Å². The lowest BCUT2D eigenvalue weighted by atomic mass is 9.97. The number of piperazine rings is 1. The number of hydrogen-bond donors (Lipinski definition) is 1. The molecule has 8 nitrogen and oxygen atoms in total. The number of rotatable bonds is 8. The van der Waals surface area contributed by atoms with Crippen LogP contribution in [0, 0.1) is 5.92 Å². The molecule has 2 fully saturated rings. The molecule has 0 aromatic carbocycles. The van der Waals surface area contributed by atoms with E-state index in [1.807, 2.05) is 0 Å². The van der Waals surface area contributed by atoms with Gasteiger partial charge in [-0.2, -0.15) is 4.31 Å². The van der Waals surface area contributed by atoms with Crippen LogP contribution in [-0.4, -0.2) is 92.3 Å². The van der Waals surface area contributed by atoms with Crippen LogP contribution in [0.3, 0.4) is 0 Å². The largest absolute Gasteiger partial charge is 0.356 e. The van der Waals surface area contributed by atoms with Gasteiger partial charge in [0.1, 0.15) is 10.0 Å². The van der Waals surface area contributed by atoms with Gasteiger partial charge in [0.15, 0.2) is 0 Å². The normalized spacial score (nSPS) is 20.3. The second-order valence-corrected chi connectivity index (χ2v) is 10.2. The number of hydrogen-bond acceptors (Lipinski definition) is 6. The molecule has 2 aliphatic rings. The average Bonchev–Trinajstić information content (AvgIpc) is 2.77. The van der Waals surface area contributed by atoms with E-state index in [0.29, 0.717) is 32.5 Å². The third-order valence-electron chi connectivity index (χ3n) is 6.03. The molecule has 1 N–H and O–H groups in total. The Balaban J connectivity index is 1.38. The Bertz CT molecular complexity index is 806. The van der Waals surface area contributed by atoms with Crippen molar-refractivity contribution in [1.29, 1.82) is 0 Å². The Kier molecular flexibility index (Phi) is 8.47. The minimum Gasteiger partial charge on any atom is -0.356 e. The molecule has 0 spiro atoms. The standard InChI is InChI=1S/C20H32ClN5O3S/c1-2-24-13-15-25(16-14-24)10-4-9-23-20(27)17-6-11-26(12-7-17)30(28,29)18-5-3-8-22-19(18)21/h3,5,8,17H,2,4,6-7,9-16H2,1H3,(H,23,27). The van der Waals surface area contributed by atoms with Crippen LogP contribution in [0.2, 0.25) is 5.15 Å². The van der Waals surface area contributed by atoms with Crippen molar-refractivity contribution in [3.8, 4) is 0 Å². The van der Waals surface area contributed by atoms with Gasteiger partial charge >= 0.3 is 0 Å². The van der Waals surface area contributed by atoms with Crippen LogP contribution in [0.4, 0.5) is 0 Å². The summed E-state index contributed by atoms with van der Waals surface area (Å²) in [7, 11) is -3.68. The predicted octanol–water partition coefficient (Wildman–Crippen LogP) is 1.28. The van der Waals surface area contributed by atoms with E-state index in [-0.39, 0.29) is 21.9 Å². The Morgan fingerprint density at radius 2 is 1.83 bits per heavy atom. The van der Waals surface area contributed by atoms with Crippen LogP contribution < -0.4 is 5.32 Å². The third kappa shape index (κ3) is 5.91. The molecule has 0 radical (unpaired) electrons. The summed E-state index contributed by atoms with van der Waals surface area (Å²) in [6.45, 7) is 10.0. The summed E-state index contributed by atoms with van der Waals surface area (Å²) in [5.74, 6) is -0.115. The van der Waals surface area contributed by atoms with E-state index in [2.05, 4.69) is 27.0 Å². The number of likely N-dealkylation sites (N-methyl/N-ethyl adjacent to an activating group) is 1. The van der Waals surface area contributed by atoms with Gasteiger partial charge in [-0.1, -0.05) is 18.5 Å². The Hall–Kier alpha value is -1.26. The molecule has 1 aromatic rings. The monoisotopic (exact) mass is 457 g/mol. The fourth-order valence-electron chi connectivity index (χ4n) is 4.05. The fraction of sp³-hybridized carbons (Fsp3) is 0.700. The van der Waals surface area contributed by atoms with Crippen molar-refractivity contribution < 1.29 is 13.2 Å². The molecular weight excluding hydrogens is 426 g/mol. The number of aromatic nitrogens is 1. The van der Waals surface area contributed by atoms with E-state index in [0.717, 1.165) is 45.7 Å². The van der Waals surface area contributed by atoms with Crippen LogP contribution in [0.5, 0.6) is 0 Å². The smallest absolute Gasteiger partial charge is 0.246 e. The summed E-state index contributed by atoms with van der Waals surface area (Å²) in [6.07, 6.45) is 3.43. The molecule has 30 heavy (non-hydrogen) atoms. The maximum Gasteiger partial charge on any atom is 0.246 e. The van der Waals surface area contributed by atoms with Crippen LogP contribution in [-0.2, 0) is 14.8 Å². The molecule has 2 aliphatic heterocycles. The number of halogens is 1. The molecule has 0 unspecified atom stereocenters. The molecule has 1 amide bonds. The zero-order valence-corrected chi connectivity index (χ0v) is 19.2. The maximum absolute atomic E-state index is 12.8. The number of amides is 1. The van der Waals surface area contributed by atoms with Gasteiger partial charge in [-0.3, -0.25) is 4.79 Å². The summed E-state index contributed by atoms with van der Waals surface area (Å²) in [5, 5.41) is 3.01. The molecule has 0 aliphatic carbocycles. The first kappa shape index (κ1) is 23.4. The van der Waals surface area contributed by atoms with Crippen molar-refractivity contribution in [3.05, 3.63) is 23.5 Å². The quantitative estimate of drug-likeness (QED) is 0.467. The highest BCUT2D eigenvalue weighted by atomic mass is 35.5. The van der Waals surface area contributed by atoms with Crippen molar-refractivity contribution in [2.45, 2.75) is 31.1 Å². The lowest BCUT2D eigenvalue weighted by Gasteiger charge is -2.34. The summed E-state index contributed by atoms with van der Waals surface area (Å²) in [6, 6.07) is 3.02. The van der Waals surface area contributed by atoms with Gasteiger partial charge in [0, 0.05) is 57.9 Å². The van der Waals surface area contributed by atoms with Crippen LogP contribution >= 0.6 is 11.6 Å². The van der Waals surface area contributed by atoms with Gasteiger partial charge < -0.3 is 15.1 Å². The highest BCUT2D eigenvalue weighted by Gasteiger charge is 2.33. The Labute approximate surface area is 184 Å². The van der Waals surface area contributed by atoms with Crippen LogP contribution in [0.15, 0.2) is 23.2 Å². The molecule has 10 heteroatoms. The van der Waals surface area contributed by atoms with Crippen molar-refractivity contribution in [2.75, 3.05) is 58.9 Å². The molecule has 0 bridgehead atoms. The first-order valence-electron chi connectivity index (χ1n) is 10.7. The lowest BCUT2D eigenvalue weighted by Crippen LogP contribution is -2.47. The second kappa shape index (κ2) is 10.9. The first-order valence-corrected chi connectivity index (χ1v) is 12.6. The molecule has 0 saturated carbocycles. The van der Waals surface area contributed by atoms with Crippen molar-refractivity contribution in [2.24, 2.45) is 5.92 Å². The highest BCUT2D eigenvalue weighted by Crippen LogP contribution is 2.27. The van der Waals surface area contributed by atoms with Gasteiger partial charge in [-0.05, 0) is 44.5 Å². The molecule has 3 heterocycles. The van der Waals surface area contributed by atoms with E-state index < -0.39 is 10.0 Å². The number of nitrogens with one attached hydrogen (secondary N) is 1. The van der Waals surface area contributed by atoms with E-state index in [1.54, 1.807) is 6.07 Å². The Morgan fingerprint density at radius 3 is 2.47 bits per heavy atom. The molecule has 1 aromatic heterocycles. The average molecular weight is 458 g/mol. The first-order chi connectivity index (χ1) is 14.4. The summed E-state index contributed by atoms with van der Waals surface area (Å²) in [5.41, 5.74) is 0. The summed E-state index contributed by atoms with van der Waals surface area (Å²) in [4.78, 5) is 21.3. The van der Waals surface area contributed by atoms with E-state index >= 15 is 0 Å². The molecule has 3 rings (SSSR count). The van der Waals surface area contributed by atoms with Crippen LogP contribution in [0.25, 0.3) is 0 Å². The number of piperidine rings is 1. The predicted molar refractivity (Wildman–Crippen MR) is 117 cm³/mol. The number of carbonyl (C=O) groups is 1. The zero-order chi connectivity index (χ0) is 21.6. The summed E-state index contributed by atoms with van der Waals surface area (Å²) < 4.78 is 27.0. The van der Waals surface area contributed by atoms with Crippen LogP contribution in [0.1, 0.15) is 26.2 Å². The van der Waals surface area contributed by atoms with Crippen molar-refractivity contribution in [1.82, 2.24) is 24.4 Å². The molecule has 168 valence electrons. The van der Waals surface area contributed by atoms with Crippen molar-refractivity contribution >= 4 is 27.5 Å². The SMILES string of the molecule is CCN1CCN(CCCNC(=O)C2CCN(S(=O)(=O)c3cccnc3Cl)CC2)CC1. The third-order valence-corrected chi connectivity index (χ3v) is 8.37. The highest BCUT2D eigenvalue weighted by molar-refractivity contribution is 7.89. The summed E-state index contributed by atoms with van der Waals surface area (Å²) >= 11 is 5.96. The van der Waals surface area contributed by atoms with Gasteiger partial charge in [0.05, 0.1) is 0 Å². The number of pyridine rings is 1. The van der Waals surface area contributed by atoms with Gasteiger partial charge in [-0.15, -0.1) is 0 Å². The lowest BCUT2D eigenvalue weighted by molar-refractivity contribution is -0.126. The maximum atomic E-state index is 12.8. The minimum absolute atomic E-state index is 0.0199. The van der Waals surface area contributed by atoms with Gasteiger partial charge in [0.25, 0.3) is 0 Å². The zero-order valence-electron chi connectivity index (χ0n) is 17.6. The number of nitrogens with zero attached hydrogens (tertiary/aromatic N) is 4. The molecular formula is C20H32ClN5O3S. The molecule has 0 atom stereocenters. The van der Waals surface area contributed by atoms with E-state index in [1.165, 1.54) is 16.6 Å². The topological polar surface area (TPSA) is 85.9 Å². The second-order valence-electron chi connectivity index (χ2n) is 7.89. The van der Waals surface area contributed by atoms with Gasteiger partial charge in [0.2, 0.25) is 15.9 Å². The van der Waals surface area contributed by atoms with Crippen molar-refractivity contribution in [3.63, 3.8) is 0 Å². The number of carbonyl (C=O) groups excluding carboxylic acids is 1.